The maximum Gasteiger partial charge on any atom is 0.451 e. The first kappa shape index (κ1) is 27.6. The number of alkyl halides is 3. The Bertz CT molecular complexity index is 1460. The summed E-state index contributed by atoms with van der Waals surface area (Å²) in [5.74, 6) is 1.06. The first-order valence-corrected chi connectivity index (χ1v) is 10.7. The summed E-state index contributed by atoms with van der Waals surface area (Å²) in [5, 5.41) is 21.0. The molecule has 0 fully saturated rings. The number of rotatable bonds is 8. The Morgan fingerprint density at radius 2 is 1.92 bits per heavy atom. The van der Waals surface area contributed by atoms with Crippen LogP contribution >= 0.6 is 0 Å². The summed E-state index contributed by atoms with van der Waals surface area (Å²) < 4.78 is 65.7. The van der Waals surface area contributed by atoms with Gasteiger partial charge in [0, 0.05) is 41.2 Å². The van der Waals surface area contributed by atoms with Gasteiger partial charge in [-0.15, -0.1) is 0 Å². The minimum absolute atomic E-state index is 0.0201. The van der Waals surface area contributed by atoms with Crippen molar-refractivity contribution in [1.29, 1.82) is 10.7 Å². The molecule has 196 valence electrons. The molecule has 3 aromatic rings. The highest BCUT2D eigenvalue weighted by Gasteiger charge is 2.35. The van der Waals surface area contributed by atoms with Crippen molar-refractivity contribution in [2.75, 3.05) is 0 Å². The van der Waals surface area contributed by atoms with Gasteiger partial charge in [-0.2, -0.15) is 23.5 Å². The van der Waals surface area contributed by atoms with Crippen LogP contribution in [0.4, 0.5) is 27.6 Å². The highest BCUT2D eigenvalue weighted by molar-refractivity contribution is 6.33. The molecule has 0 spiro atoms. The highest BCUT2D eigenvalue weighted by Crippen LogP contribution is 2.35. The molecule has 0 amide bonds. The second kappa shape index (κ2) is 11.4. The molecule has 3 rings (SSSR count). The van der Waals surface area contributed by atoms with E-state index in [0.717, 1.165) is 24.5 Å². The lowest BCUT2D eigenvalue weighted by molar-refractivity contribution is -0.144. The van der Waals surface area contributed by atoms with Crippen LogP contribution < -0.4 is 11.6 Å². The summed E-state index contributed by atoms with van der Waals surface area (Å²) in [5.41, 5.74) is 6.44. The van der Waals surface area contributed by atoms with Crippen molar-refractivity contribution in [2.24, 2.45) is 26.7 Å². The zero-order valence-electron chi connectivity index (χ0n) is 19.6. The third-order valence-corrected chi connectivity index (χ3v) is 5.31. The molecular formula is C23H19F5N10. The molecule has 0 aliphatic carbocycles. The van der Waals surface area contributed by atoms with Gasteiger partial charge < -0.3 is 16.6 Å². The van der Waals surface area contributed by atoms with Crippen LogP contribution in [0.2, 0.25) is 0 Å². The van der Waals surface area contributed by atoms with Crippen LogP contribution in [0.25, 0.3) is 11.1 Å². The number of H-pyrrole nitrogens is 1. The van der Waals surface area contributed by atoms with Gasteiger partial charge in [-0.1, -0.05) is 6.92 Å². The Morgan fingerprint density at radius 1 is 1.24 bits per heavy atom. The molecule has 1 unspecified atom stereocenters. The number of amidine groups is 1. The van der Waals surface area contributed by atoms with E-state index in [1.807, 2.05) is 6.07 Å². The molecule has 15 heteroatoms. The normalized spacial score (nSPS) is 13.5. The Morgan fingerprint density at radius 3 is 2.45 bits per heavy atom. The molecule has 38 heavy (non-hydrogen) atoms. The molecule has 6 N–H and O–H groups in total. The van der Waals surface area contributed by atoms with Crippen molar-refractivity contribution >= 4 is 29.8 Å². The number of halogens is 5. The predicted octanol–water partition coefficient (Wildman–Crippen LogP) is 4.16. The van der Waals surface area contributed by atoms with Crippen LogP contribution in [-0.4, -0.2) is 39.1 Å². The Kier molecular flexibility index (Phi) is 8.26. The van der Waals surface area contributed by atoms with Crippen molar-refractivity contribution in [3.05, 3.63) is 65.0 Å². The maximum absolute atomic E-state index is 13.6. The lowest BCUT2D eigenvalue weighted by atomic mass is 9.92. The maximum atomic E-state index is 13.6. The Labute approximate surface area is 212 Å². The van der Waals surface area contributed by atoms with Gasteiger partial charge in [-0.25, -0.2) is 23.7 Å². The summed E-state index contributed by atoms with van der Waals surface area (Å²) in [6, 6.07) is 4.99. The molecule has 1 aromatic carbocycles. The summed E-state index contributed by atoms with van der Waals surface area (Å²) in [4.78, 5) is 17.4. The van der Waals surface area contributed by atoms with Crippen LogP contribution in [0.15, 0.2) is 45.7 Å². The van der Waals surface area contributed by atoms with E-state index in [0.29, 0.717) is 12.8 Å². The smallest absolute Gasteiger partial charge is 0.382 e. The first-order valence-electron chi connectivity index (χ1n) is 10.7. The summed E-state index contributed by atoms with van der Waals surface area (Å²) >= 11 is 0. The fraction of sp³-hybridized carbons (Fsp3) is 0.174. The number of hydrogen-bond acceptors (Lipinski definition) is 7. The molecule has 0 bridgehead atoms. The molecule has 0 radical (unpaired) electrons. The lowest BCUT2D eigenvalue weighted by Gasteiger charge is -2.14. The van der Waals surface area contributed by atoms with E-state index >= 15 is 0 Å². The van der Waals surface area contributed by atoms with Gasteiger partial charge in [-0.3, -0.25) is 10.4 Å². The monoisotopic (exact) mass is 530 g/mol. The fourth-order valence-electron chi connectivity index (χ4n) is 3.60. The topological polar surface area (TPSA) is 178 Å². The van der Waals surface area contributed by atoms with Gasteiger partial charge in [0.25, 0.3) is 0 Å². The lowest BCUT2D eigenvalue weighted by Crippen LogP contribution is -2.18. The molecule has 10 nitrogen and oxygen atoms in total. The molecule has 0 aliphatic heterocycles. The number of hydrazone groups is 1. The average molecular weight is 530 g/mol. The Hall–Kier alpha value is -5.00. The van der Waals surface area contributed by atoms with Crippen molar-refractivity contribution in [1.82, 2.24) is 15.0 Å². The van der Waals surface area contributed by atoms with Crippen molar-refractivity contribution in [3.63, 3.8) is 0 Å². The number of nitrogens with one attached hydrogen (secondary N) is 2. The van der Waals surface area contributed by atoms with Crippen LogP contribution in [0.3, 0.4) is 0 Å². The van der Waals surface area contributed by atoms with Crippen LogP contribution in [0.1, 0.15) is 42.0 Å². The minimum atomic E-state index is -4.78. The van der Waals surface area contributed by atoms with Crippen LogP contribution in [0.5, 0.6) is 0 Å². The van der Waals surface area contributed by atoms with E-state index in [-0.39, 0.29) is 45.3 Å². The quantitative estimate of drug-likeness (QED) is 0.112. The third-order valence-electron chi connectivity index (χ3n) is 5.31. The summed E-state index contributed by atoms with van der Waals surface area (Å²) in [6.45, 7) is 1.73. The van der Waals surface area contributed by atoms with Gasteiger partial charge in [0.15, 0.2) is 11.6 Å². The van der Waals surface area contributed by atoms with Crippen molar-refractivity contribution < 1.29 is 22.0 Å². The second-order valence-corrected chi connectivity index (χ2v) is 7.58. The van der Waals surface area contributed by atoms with E-state index in [1.54, 1.807) is 6.92 Å². The standard InChI is InChI=1S/C23H19F5N10/c1-2-13(17(38-32)9-33-12-3-4-15(24)16(25)5-12)19-14(6-29)18(20(37-19)21(31)36-10-30)11-7-34-22(35-8-11)23(26,27)28/h3-5,7-10,13,37H,2,32H2,1H3,(H3,30,31,36). The fourth-order valence-corrected chi connectivity index (χ4v) is 3.60. The van der Waals surface area contributed by atoms with Crippen molar-refractivity contribution in [3.8, 4) is 17.2 Å². The number of nitriles is 1. The van der Waals surface area contributed by atoms with Gasteiger partial charge in [0.1, 0.15) is 18.2 Å². The number of benzene rings is 1. The molecule has 2 aromatic heterocycles. The number of hydrogen-bond donors (Lipinski definition) is 4. The molecule has 0 aliphatic rings. The Balaban J connectivity index is 2.17. The van der Waals surface area contributed by atoms with E-state index in [9.17, 15) is 27.2 Å². The van der Waals surface area contributed by atoms with Crippen LogP contribution in [-0.2, 0) is 6.18 Å². The number of aromatic amines is 1. The van der Waals surface area contributed by atoms with E-state index in [2.05, 4.69) is 30.0 Å². The molecule has 0 saturated heterocycles. The molecular weight excluding hydrogens is 511 g/mol. The van der Waals surface area contributed by atoms with E-state index in [4.69, 9.17) is 17.0 Å². The van der Waals surface area contributed by atoms with Crippen molar-refractivity contribution in [2.45, 2.75) is 25.4 Å². The summed E-state index contributed by atoms with van der Waals surface area (Å²) in [6.07, 6.45) is -0.872. The minimum Gasteiger partial charge on any atom is -0.382 e. The molecule has 1 atom stereocenters. The average Bonchev–Trinajstić information content (AvgIpc) is 3.27. The second-order valence-electron chi connectivity index (χ2n) is 7.58. The summed E-state index contributed by atoms with van der Waals surface area (Å²) in [7, 11) is 0. The number of nitrogens with zero attached hydrogens (tertiary/aromatic N) is 6. The van der Waals surface area contributed by atoms with E-state index < -0.39 is 29.6 Å². The van der Waals surface area contributed by atoms with Gasteiger partial charge in [-0.05, 0) is 18.6 Å². The molecule has 2 heterocycles. The van der Waals surface area contributed by atoms with Gasteiger partial charge in [0.2, 0.25) is 5.82 Å². The van der Waals surface area contributed by atoms with Gasteiger partial charge >= 0.3 is 6.18 Å². The predicted molar refractivity (Wildman–Crippen MR) is 130 cm³/mol. The van der Waals surface area contributed by atoms with Gasteiger partial charge in [0.05, 0.1) is 28.9 Å². The number of nitrogens with two attached hydrogens (primary N) is 2. The zero-order valence-corrected chi connectivity index (χ0v) is 19.6. The number of aromatic nitrogens is 3. The SMILES string of the molecule is CCC(C(C=Nc1ccc(F)c(F)c1)=NN)c1[nH]c(C(N)=NC=N)c(-c2cnc(C(F)(F)F)nc2)c1C#N. The van der Waals surface area contributed by atoms with Crippen LogP contribution in [0, 0.1) is 28.4 Å². The molecule has 0 saturated carbocycles. The first-order chi connectivity index (χ1) is 18.0. The van der Waals surface area contributed by atoms with E-state index in [1.165, 1.54) is 12.3 Å². The third kappa shape index (κ3) is 5.69. The largest absolute Gasteiger partial charge is 0.451 e. The number of aliphatic imine (C=N–C) groups is 2. The highest BCUT2D eigenvalue weighted by atomic mass is 19.4. The zero-order chi connectivity index (χ0) is 28.0.